The summed E-state index contributed by atoms with van der Waals surface area (Å²) in [6.45, 7) is 6.68. The van der Waals surface area contributed by atoms with Crippen LogP contribution in [0.3, 0.4) is 0 Å². The van der Waals surface area contributed by atoms with E-state index in [0.717, 1.165) is 22.5 Å². The van der Waals surface area contributed by atoms with Crippen LogP contribution in [0.15, 0.2) is 60.7 Å². The van der Waals surface area contributed by atoms with E-state index < -0.39 is 0 Å². The van der Waals surface area contributed by atoms with Gasteiger partial charge in [-0.2, -0.15) is 5.10 Å². The zero-order chi connectivity index (χ0) is 14.9. The Labute approximate surface area is 125 Å². The number of aromatic amines is 1. The molecule has 0 spiro atoms. The minimum absolute atomic E-state index is 0.182. The number of hydrogen-bond donors (Lipinski definition) is 1. The number of nitrogens with one attached hydrogen (secondary N) is 1. The maximum absolute atomic E-state index is 4.41. The molecule has 0 fully saturated rings. The molecule has 0 amide bonds. The van der Waals surface area contributed by atoms with Crippen LogP contribution in [-0.2, 0) is 5.41 Å². The minimum atomic E-state index is 0.182. The molecule has 2 heteroatoms. The molecule has 0 aliphatic heterocycles. The molecule has 3 aromatic rings. The van der Waals surface area contributed by atoms with Gasteiger partial charge in [0.2, 0.25) is 0 Å². The number of aromatic nitrogens is 2. The second-order valence-corrected chi connectivity index (χ2v) is 6.36. The number of rotatable bonds is 2. The van der Waals surface area contributed by atoms with Crippen LogP contribution in [0.1, 0.15) is 26.3 Å². The lowest BCUT2D eigenvalue weighted by Crippen LogP contribution is -2.10. The summed E-state index contributed by atoms with van der Waals surface area (Å²) >= 11 is 0. The largest absolute Gasteiger partial charge is 0.277 e. The molecule has 3 rings (SSSR count). The van der Waals surface area contributed by atoms with Crippen LogP contribution in [0.25, 0.3) is 22.5 Å². The monoisotopic (exact) mass is 276 g/mol. The average Bonchev–Trinajstić information content (AvgIpc) is 2.97. The van der Waals surface area contributed by atoms with Crippen LogP contribution in [-0.4, -0.2) is 10.2 Å². The van der Waals surface area contributed by atoms with Gasteiger partial charge in [-0.3, -0.25) is 5.10 Å². The Morgan fingerprint density at radius 3 is 2.10 bits per heavy atom. The normalized spacial score (nSPS) is 11.6. The summed E-state index contributed by atoms with van der Waals surface area (Å²) in [6, 6.07) is 21.0. The molecule has 1 aromatic heterocycles. The zero-order valence-electron chi connectivity index (χ0n) is 12.7. The quantitative estimate of drug-likeness (QED) is 0.697. The lowest BCUT2D eigenvalue weighted by Gasteiger charge is -2.18. The lowest BCUT2D eigenvalue weighted by molar-refractivity contribution is 0.590. The van der Waals surface area contributed by atoms with Crippen LogP contribution >= 0.6 is 0 Å². The van der Waals surface area contributed by atoms with Gasteiger partial charge in [-0.1, -0.05) is 75.4 Å². The molecule has 0 saturated heterocycles. The fourth-order valence-corrected chi connectivity index (χ4v) is 2.38. The Hall–Kier alpha value is -2.35. The molecule has 2 aromatic carbocycles. The molecule has 1 heterocycles. The lowest BCUT2D eigenvalue weighted by atomic mass is 9.86. The van der Waals surface area contributed by atoms with Crippen molar-refractivity contribution in [2.24, 2.45) is 0 Å². The van der Waals surface area contributed by atoms with E-state index in [9.17, 15) is 0 Å². The van der Waals surface area contributed by atoms with E-state index in [-0.39, 0.29) is 5.41 Å². The maximum atomic E-state index is 4.41. The van der Waals surface area contributed by atoms with Crippen molar-refractivity contribution < 1.29 is 0 Å². The second-order valence-electron chi connectivity index (χ2n) is 6.36. The Kier molecular flexibility index (Phi) is 3.38. The van der Waals surface area contributed by atoms with Crippen LogP contribution in [0.4, 0.5) is 0 Å². The standard InChI is InChI=1S/C19H20N2/c1-19(2,3)16-11-9-15(10-12-16)18-13-17(20-21-18)14-7-5-4-6-8-14/h4-13H,1-3H3,(H,20,21). The van der Waals surface area contributed by atoms with E-state index in [1.807, 2.05) is 18.2 Å². The SMILES string of the molecule is CC(C)(C)c1ccc(-c2cc(-c3ccccc3)n[nH]2)cc1. The topological polar surface area (TPSA) is 28.7 Å². The van der Waals surface area contributed by atoms with Crippen molar-refractivity contribution in [2.45, 2.75) is 26.2 Å². The van der Waals surface area contributed by atoms with Crippen molar-refractivity contribution >= 4 is 0 Å². The highest BCUT2D eigenvalue weighted by atomic mass is 15.1. The average molecular weight is 276 g/mol. The van der Waals surface area contributed by atoms with E-state index in [1.54, 1.807) is 0 Å². The molecule has 1 N–H and O–H groups in total. The first kappa shape index (κ1) is 13.6. The van der Waals surface area contributed by atoms with Crippen LogP contribution in [0.5, 0.6) is 0 Å². The van der Waals surface area contributed by atoms with E-state index in [2.05, 4.69) is 73.4 Å². The smallest absolute Gasteiger partial charge is 0.0927 e. The van der Waals surface area contributed by atoms with Gasteiger partial charge in [-0.25, -0.2) is 0 Å². The summed E-state index contributed by atoms with van der Waals surface area (Å²) in [5, 5.41) is 7.54. The number of H-pyrrole nitrogens is 1. The van der Waals surface area contributed by atoms with Gasteiger partial charge < -0.3 is 0 Å². The fourth-order valence-electron chi connectivity index (χ4n) is 2.38. The second kappa shape index (κ2) is 5.21. The first-order valence-corrected chi connectivity index (χ1v) is 7.26. The van der Waals surface area contributed by atoms with Crippen molar-refractivity contribution in [2.75, 3.05) is 0 Å². The summed E-state index contributed by atoms with van der Waals surface area (Å²) in [6.07, 6.45) is 0. The Bertz CT molecular complexity index is 716. The van der Waals surface area contributed by atoms with Crippen molar-refractivity contribution in [3.05, 3.63) is 66.2 Å². The Balaban J connectivity index is 1.90. The highest BCUT2D eigenvalue weighted by Gasteiger charge is 2.13. The van der Waals surface area contributed by atoms with Gasteiger partial charge in [0, 0.05) is 5.56 Å². The summed E-state index contributed by atoms with van der Waals surface area (Å²) in [5.74, 6) is 0. The fraction of sp³-hybridized carbons (Fsp3) is 0.211. The first-order valence-electron chi connectivity index (χ1n) is 7.26. The van der Waals surface area contributed by atoms with Crippen molar-refractivity contribution in [1.82, 2.24) is 10.2 Å². The highest BCUT2D eigenvalue weighted by molar-refractivity contribution is 5.68. The predicted octanol–water partition coefficient (Wildman–Crippen LogP) is 5.04. The van der Waals surface area contributed by atoms with Crippen LogP contribution in [0.2, 0.25) is 0 Å². The third-order valence-corrected chi connectivity index (χ3v) is 3.71. The third-order valence-electron chi connectivity index (χ3n) is 3.71. The maximum Gasteiger partial charge on any atom is 0.0927 e. The van der Waals surface area contributed by atoms with Gasteiger partial charge in [0.25, 0.3) is 0 Å². The summed E-state index contributed by atoms with van der Waals surface area (Å²) in [5.41, 5.74) is 5.85. The van der Waals surface area contributed by atoms with Gasteiger partial charge in [0.1, 0.15) is 0 Å². The molecule has 21 heavy (non-hydrogen) atoms. The number of nitrogens with zero attached hydrogens (tertiary/aromatic N) is 1. The molecule has 106 valence electrons. The number of hydrogen-bond acceptors (Lipinski definition) is 1. The Morgan fingerprint density at radius 1 is 0.810 bits per heavy atom. The molecule has 0 atom stereocenters. The third kappa shape index (κ3) is 2.89. The van der Waals surface area contributed by atoms with Gasteiger partial charge in [-0.15, -0.1) is 0 Å². The van der Waals surface area contributed by atoms with Crippen LogP contribution in [0, 0.1) is 0 Å². The molecule has 0 unspecified atom stereocenters. The van der Waals surface area contributed by atoms with E-state index in [0.29, 0.717) is 0 Å². The highest BCUT2D eigenvalue weighted by Crippen LogP contribution is 2.27. The molecule has 2 nitrogen and oxygen atoms in total. The van der Waals surface area contributed by atoms with Crippen LogP contribution < -0.4 is 0 Å². The van der Waals surface area contributed by atoms with Crippen molar-refractivity contribution in [3.8, 4) is 22.5 Å². The zero-order valence-corrected chi connectivity index (χ0v) is 12.7. The molecule has 0 bridgehead atoms. The van der Waals surface area contributed by atoms with Gasteiger partial charge in [-0.05, 0) is 22.6 Å². The summed E-state index contributed by atoms with van der Waals surface area (Å²) in [7, 11) is 0. The van der Waals surface area contributed by atoms with Gasteiger partial charge >= 0.3 is 0 Å². The molecule has 0 aliphatic rings. The molecular weight excluding hydrogens is 256 g/mol. The Morgan fingerprint density at radius 2 is 1.48 bits per heavy atom. The van der Waals surface area contributed by atoms with E-state index in [4.69, 9.17) is 0 Å². The molecular formula is C19H20N2. The summed E-state index contributed by atoms with van der Waals surface area (Å²) in [4.78, 5) is 0. The van der Waals surface area contributed by atoms with E-state index in [1.165, 1.54) is 5.56 Å². The number of benzene rings is 2. The molecule has 0 aliphatic carbocycles. The summed E-state index contributed by atoms with van der Waals surface area (Å²) < 4.78 is 0. The molecule has 0 saturated carbocycles. The molecule has 0 radical (unpaired) electrons. The van der Waals surface area contributed by atoms with Gasteiger partial charge in [0.15, 0.2) is 0 Å². The van der Waals surface area contributed by atoms with Gasteiger partial charge in [0.05, 0.1) is 11.4 Å². The predicted molar refractivity (Wildman–Crippen MR) is 88.2 cm³/mol. The first-order chi connectivity index (χ1) is 10.0. The minimum Gasteiger partial charge on any atom is -0.277 e. The van der Waals surface area contributed by atoms with Crippen molar-refractivity contribution in [1.29, 1.82) is 0 Å². The van der Waals surface area contributed by atoms with Crippen molar-refractivity contribution in [3.63, 3.8) is 0 Å². The van der Waals surface area contributed by atoms with E-state index >= 15 is 0 Å².